The summed E-state index contributed by atoms with van der Waals surface area (Å²) in [6.45, 7) is 2.49. The molecule has 2 aromatic heterocycles. The van der Waals surface area contributed by atoms with E-state index in [1.165, 1.54) is 0 Å². The number of hydrogen-bond acceptors (Lipinski definition) is 4. The summed E-state index contributed by atoms with van der Waals surface area (Å²) in [7, 11) is 1.87. The number of nitrogens with one attached hydrogen (secondary N) is 1. The van der Waals surface area contributed by atoms with Gasteiger partial charge in [0.15, 0.2) is 0 Å². The molecule has 0 saturated heterocycles. The van der Waals surface area contributed by atoms with Gasteiger partial charge in [0.25, 0.3) is 0 Å². The predicted octanol–water partition coefficient (Wildman–Crippen LogP) is 1.92. The molecule has 0 aliphatic rings. The number of rotatable bonds is 4. The molecule has 0 saturated carbocycles. The summed E-state index contributed by atoms with van der Waals surface area (Å²) < 4.78 is 3.59. The predicted molar refractivity (Wildman–Crippen MR) is 76.6 cm³/mol. The van der Waals surface area contributed by atoms with Gasteiger partial charge in [0, 0.05) is 13.2 Å². The van der Waals surface area contributed by atoms with Gasteiger partial charge >= 0.3 is 0 Å². The molecule has 0 atom stereocenters. The average Bonchev–Trinajstić information content (AvgIpc) is 3.04. The maximum Gasteiger partial charge on any atom is 0.221 e. The highest BCUT2D eigenvalue weighted by Gasteiger charge is 2.05. The first-order valence-electron chi connectivity index (χ1n) is 6.44. The van der Waals surface area contributed by atoms with Crippen molar-refractivity contribution in [3.05, 3.63) is 54.1 Å². The summed E-state index contributed by atoms with van der Waals surface area (Å²) in [6.07, 6.45) is 1.95. The largest absolute Gasteiger partial charge is 0.349 e. The van der Waals surface area contributed by atoms with Crippen LogP contribution in [0.15, 0.2) is 42.6 Å². The third-order valence-electron chi connectivity index (χ3n) is 2.96. The van der Waals surface area contributed by atoms with E-state index in [0.29, 0.717) is 6.54 Å². The number of anilines is 1. The molecular formula is C14H16N6. The molecule has 0 amide bonds. The van der Waals surface area contributed by atoms with E-state index in [2.05, 4.69) is 20.5 Å². The van der Waals surface area contributed by atoms with Gasteiger partial charge in [-0.15, -0.1) is 0 Å². The van der Waals surface area contributed by atoms with Crippen LogP contribution in [0, 0.1) is 6.92 Å². The highest BCUT2D eigenvalue weighted by molar-refractivity contribution is 5.31. The lowest BCUT2D eigenvalue weighted by atomic mass is 10.3. The van der Waals surface area contributed by atoms with Crippen LogP contribution in [0.3, 0.4) is 0 Å². The van der Waals surface area contributed by atoms with Crippen molar-refractivity contribution in [1.82, 2.24) is 24.5 Å². The summed E-state index contributed by atoms with van der Waals surface area (Å²) in [5.41, 5.74) is 2.00. The topological polar surface area (TPSA) is 60.6 Å². The van der Waals surface area contributed by atoms with Crippen molar-refractivity contribution < 1.29 is 0 Å². The molecule has 1 aromatic carbocycles. The van der Waals surface area contributed by atoms with Gasteiger partial charge < -0.3 is 5.32 Å². The molecular weight excluding hydrogens is 252 g/mol. The molecule has 2 heterocycles. The number of benzene rings is 1. The molecule has 0 spiro atoms. The third kappa shape index (κ3) is 2.54. The molecule has 3 rings (SSSR count). The minimum absolute atomic E-state index is 0.617. The Balaban J connectivity index is 1.70. The van der Waals surface area contributed by atoms with Crippen molar-refractivity contribution in [2.75, 3.05) is 5.32 Å². The monoisotopic (exact) mass is 268 g/mol. The summed E-state index contributed by atoms with van der Waals surface area (Å²) >= 11 is 0. The van der Waals surface area contributed by atoms with Gasteiger partial charge in [0.1, 0.15) is 5.82 Å². The molecule has 0 bridgehead atoms. The second-order valence-electron chi connectivity index (χ2n) is 4.55. The van der Waals surface area contributed by atoms with Crippen molar-refractivity contribution in [2.24, 2.45) is 7.05 Å². The van der Waals surface area contributed by atoms with Gasteiger partial charge in [-0.05, 0) is 25.1 Å². The molecule has 6 heteroatoms. The molecule has 0 unspecified atom stereocenters. The fraction of sp³-hybridized carbons (Fsp3) is 0.214. The van der Waals surface area contributed by atoms with Gasteiger partial charge in [-0.1, -0.05) is 18.2 Å². The molecule has 0 fully saturated rings. The Morgan fingerprint density at radius 3 is 2.60 bits per heavy atom. The van der Waals surface area contributed by atoms with Crippen LogP contribution in [0.5, 0.6) is 0 Å². The summed E-state index contributed by atoms with van der Waals surface area (Å²) in [6, 6.07) is 12.0. The van der Waals surface area contributed by atoms with E-state index in [1.807, 2.05) is 61.2 Å². The second kappa shape index (κ2) is 5.16. The fourth-order valence-electron chi connectivity index (χ4n) is 2.02. The Labute approximate surface area is 117 Å². The minimum Gasteiger partial charge on any atom is -0.349 e. The highest BCUT2D eigenvalue weighted by atomic mass is 15.4. The van der Waals surface area contributed by atoms with Gasteiger partial charge in [-0.2, -0.15) is 15.2 Å². The van der Waals surface area contributed by atoms with Gasteiger partial charge in [-0.25, -0.2) is 9.36 Å². The number of para-hydroxylation sites is 1. The summed E-state index contributed by atoms with van der Waals surface area (Å²) in [4.78, 5) is 4.30. The van der Waals surface area contributed by atoms with E-state index in [9.17, 15) is 0 Å². The van der Waals surface area contributed by atoms with Crippen LogP contribution in [-0.2, 0) is 13.6 Å². The van der Waals surface area contributed by atoms with Crippen LogP contribution < -0.4 is 5.32 Å². The Morgan fingerprint density at radius 2 is 1.90 bits per heavy atom. The lowest BCUT2D eigenvalue weighted by molar-refractivity contribution is 0.754. The second-order valence-corrected chi connectivity index (χ2v) is 4.55. The Bertz CT molecular complexity index is 698. The van der Waals surface area contributed by atoms with Crippen molar-refractivity contribution in [3.8, 4) is 5.69 Å². The third-order valence-corrected chi connectivity index (χ3v) is 2.96. The van der Waals surface area contributed by atoms with Crippen LogP contribution in [0.25, 0.3) is 5.69 Å². The quantitative estimate of drug-likeness (QED) is 0.785. The Kier molecular flexibility index (Phi) is 3.20. The van der Waals surface area contributed by atoms with E-state index in [4.69, 9.17) is 0 Å². The molecule has 1 N–H and O–H groups in total. The fourth-order valence-corrected chi connectivity index (χ4v) is 2.02. The zero-order chi connectivity index (χ0) is 13.9. The maximum absolute atomic E-state index is 4.53. The smallest absolute Gasteiger partial charge is 0.221 e. The van der Waals surface area contributed by atoms with E-state index in [0.717, 1.165) is 23.2 Å². The normalized spacial score (nSPS) is 10.7. The summed E-state index contributed by atoms with van der Waals surface area (Å²) in [5.74, 6) is 1.50. The molecule has 0 aliphatic carbocycles. The highest BCUT2D eigenvalue weighted by Crippen LogP contribution is 2.08. The maximum atomic E-state index is 4.53. The molecule has 3 aromatic rings. The van der Waals surface area contributed by atoms with Crippen molar-refractivity contribution >= 4 is 5.95 Å². The molecule has 0 aliphatic heterocycles. The van der Waals surface area contributed by atoms with E-state index < -0.39 is 0 Å². The van der Waals surface area contributed by atoms with Crippen molar-refractivity contribution in [1.29, 1.82) is 0 Å². The zero-order valence-corrected chi connectivity index (χ0v) is 11.5. The molecule has 6 nitrogen and oxygen atoms in total. The van der Waals surface area contributed by atoms with Gasteiger partial charge in [-0.3, -0.25) is 0 Å². The first-order chi connectivity index (χ1) is 9.72. The van der Waals surface area contributed by atoms with E-state index in [1.54, 1.807) is 4.68 Å². The molecule has 102 valence electrons. The number of nitrogens with zero attached hydrogens (tertiary/aromatic N) is 5. The summed E-state index contributed by atoms with van der Waals surface area (Å²) in [5, 5.41) is 12.0. The van der Waals surface area contributed by atoms with Crippen LogP contribution in [0.1, 0.15) is 11.5 Å². The Morgan fingerprint density at radius 1 is 1.10 bits per heavy atom. The van der Waals surface area contributed by atoms with Crippen LogP contribution in [0.4, 0.5) is 5.95 Å². The van der Waals surface area contributed by atoms with E-state index >= 15 is 0 Å². The number of aromatic nitrogens is 5. The first-order valence-corrected chi connectivity index (χ1v) is 6.44. The van der Waals surface area contributed by atoms with Crippen LogP contribution >= 0.6 is 0 Å². The lowest BCUT2D eigenvalue weighted by Crippen LogP contribution is -2.06. The van der Waals surface area contributed by atoms with Crippen molar-refractivity contribution in [2.45, 2.75) is 13.5 Å². The number of hydrogen-bond donors (Lipinski definition) is 1. The lowest BCUT2D eigenvalue weighted by Gasteiger charge is -2.02. The van der Waals surface area contributed by atoms with E-state index in [-0.39, 0.29) is 0 Å². The molecule has 20 heavy (non-hydrogen) atoms. The zero-order valence-electron chi connectivity index (χ0n) is 11.5. The van der Waals surface area contributed by atoms with Gasteiger partial charge in [0.2, 0.25) is 5.95 Å². The SMILES string of the molecule is Cc1nc(NCc2ccn(-c3ccccc3)n2)n(C)n1. The average molecular weight is 268 g/mol. The minimum atomic E-state index is 0.617. The number of aryl methyl sites for hydroxylation is 2. The van der Waals surface area contributed by atoms with Crippen molar-refractivity contribution in [3.63, 3.8) is 0 Å². The first kappa shape index (κ1) is 12.4. The van der Waals surface area contributed by atoms with Crippen LogP contribution in [-0.4, -0.2) is 24.5 Å². The molecule has 0 radical (unpaired) electrons. The van der Waals surface area contributed by atoms with Crippen LogP contribution in [0.2, 0.25) is 0 Å². The standard InChI is InChI=1S/C14H16N6/c1-11-16-14(19(2)17-11)15-10-12-8-9-20(18-12)13-6-4-3-5-7-13/h3-9H,10H2,1-2H3,(H,15,16,17). The Hall–Kier alpha value is -2.63. The van der Waals surface area contributed by atoms with Gasteiger partial charge in [0.05, 0.1) is 17.9 Å².